The molecule has 4 aromatic rings. The van der Waals surface area contributed by atoms with Crippen molar-refractivity contribution in [3.8, 4) is 11.6 Å². The maximum absolute atomic E-state index is 12.9. The van der Waals surface area contributed by atoms with Gasteiger partial charge in [0.15, 0.2) is 0 Å². The molecule has 0 radical (unpaired) electrons. The van der Waals surface area contributed by atoms with E-state index in [0.29, 0.717) is 18.2 Å². The number of halogens is 1. The molecule has 0 saturated heterocycles. The van der Waals surface area contributed by atoms with Crippen molar-refractivity contribution in [2.45, 2.75) is 44.8 Å². The normalized spacial score (nSPS) is 16.3. The molecule has 2 aliphatic rings. The molecule has 3 aromatic heterocycles. The van der Waals surface area contributed by atoms with E-state index >= 15 is 0 Å². The van der Waals surface area contributed by atoms with Crippen molar-refractivity contribution in [2.75, 3.05) is 13.1 Å². The molecule has 7 heteroatoms. The van der Waals surface area contributed by atoms with E-state index in [9.17, 15) is 4.79 Å². The third-order valence-corrected chi connectivity index (χ3v) is 7.52. The number of aromatic nitrogens is 3. The molecule has 0 bridgehead atoms. The van der Waals surface area contributed by atoms with Crippen LogP contribution in [-0.4, -0.2) is 38.1 Å². The number of ether oxygens (including phenoxy) is 1. The number of rotatable bonds is 5. The predicted octanol–water partition coefficient (Wildman–Crippen LogP) is 4.68. The number of pyridine rings is 2. The van der Waals surface area contributed by atoms with E-state index in [1.54, 1.807) is 10.8 Å². The highest BCUT2D eigenvalue weighted by Gasteiger charge is 2.28. The lowest BCUT2D eigenvalue weighted by Crippen LogP contribution is -2.41. The standard InChI is InChI=1S/C28H30N4O2.ClH/c1-30-25-14-16-31(21-8-5-9-21)15-13-23(25)24-10-11-26(29-28(24)30)32-17-12-22(18-27(32)33)34-19-20-6-3-2-4-7-20;/h2-4,6-7,10-12,17-18,21H,5,8-9,13-16,19H2,1H3;1H. The predicted molar refractivity (Wildman–Crippen MR) is 141 cm³/mol. The first-order valence-electron chi connectivity index (χ1n) is 12.3. The molecule has 1 aromatic carbocycles. The van der Waals surface area contributed by atoms with Gasteiger partial charge in [0.1, 0.15) is 23.8 Å². The quantitative estimate of drug-likeness (QED) is 0.407. The van der Waals surface area contributed by atoms with Gasteiger partial charge in [0.25, 0.3) is 5.56 Å². The van der Waals surface area contributed by atoms with Crippen LogP contribution in [0.4, 0.5) is 0 Å². The van der Waals surface area contributed by atoms with Crippen LogP contribution < -0.4 is 10.3 Å². The first kappa shape index (κ1) is 23.6. The molecule has 6 rings (SSSR count). The first-order chi connectivity index (χ1) is 16.7. The minimum atomic E-state index is -0.149. The lowest BCUT2D eigenvalue weighted by molar-refractivity contribution is 0.133. The van der Waals surface area contributed by atoms with E-state index in [0.717, 1.165) is 43.2 Å². The third kappa shape index (κ3) is 4.48. The van der Waals surface area contributed by atoms with Crippen LogP contribution in [0.25, 0.3) is 16.9 Å². The fourth-order valence-electron chi connectivity index (χ4n) is 5.36. The smallest absolute Gasteiger partial charge is 0.259 e. The molecular weight excluding hydrogens is 460 g/mol. The molecule has 1 aliphatic carbocycles. The minimum Gasteiger partial charge on any atom is -0.489 e. The van der Waals surface area contributed by atoms with Crippen molar-refractivity contribution in [2.24, 2.45) is 7.05 Å². The number of benzene rings is 1. The molecule has 4 heterocycles. The number of aryl methyl sites for hydroxylation is 1. The van der Waals surface area contributed by atoms with Crippen LogP contribution in [0.15, 0.2) is 65.6 Å². The summed E-state index contributed by atoms with van der Waals surface area (Å²) in [5, 5.41) is 1.22. The van der Waals surface area contributed by atoms with Gasteiger partial charge in [-0.25, -0.2) is 4.98 Å². The molecule has 1 aliphatic heterocycles. The Hall–Kier alpha value is -3.09. The highest BCUT2D eigenvalue weighted by atomic mass is 35.5. The largest absolute Gasteiger partial charge is 0.489 e. The lowest BCUT2D eigenvalue weighted by Gasteiger charge is -2.36. The fourth-order valence-corrected chi connectivity index (χ4v) is 5.36. The Bertz CT molecular complexity index is 1390. The monoisotopic (exact) mass is 490 g/mol. The van der Waals surface area contributed by atoms with Crippen LogP contribution in [0.2, 0.25) is 0 Å². The average molecular weight is 491 g/mol. The van der Waals surface area contributed by atoms with Gasteiger partial charge >= 0.3 is 0 Å². The van der Waals surface area contributed by atoms with E-state index in [4.69, 9.17) is 9.72 Å². The SMILES string of the molecule is Cl.Cn1c2c(c3ccc(-n4ccc(OCc5ccccc5)cc4=O)nc31)CCN(C1CCC1)CC2. The van der Waals surface area contributed by atoms with E-state index < -0.39 is 0 Å². The van der Waals surface area contributed by atoms with Crippen molar-refractivity contribution in [3.63, 3.8) is 0 Å². The zero-order valence-corrected chi connectivity index (χ0v) is 20.8. The topological polar surface area (TPSA) is 52.3 Å². The van der Waals surface area contributed by atoms with Crippen LogP contribution in [-0.2, 0) is 26.5 Å². The zero-order chi connectivity index (χ0) is 23.1. The van der Waals surface area contributed by atoms with Gasteiger partial charge in [0, 0.05) is 55.9 Å². The second kappa shape index (κ2) is 9.88. The van der Waals surface area contributed by atoms with Crippen LogP contribution >= 0.6 is 12.4 Å². The van der Waals surface area contributed by atoms with Crippen LogP contribution in [0, 0.1) is 0 Å². The summed E-state index contributed by atoms with van der Waals surface area (Å²) in [6.45, 7) is 2.68. The van der Waals surface area contributed by atoms with Gasteiger partial charge in [0.2, 0.25) is 0 Å². The molecule has 1 saturated carbocycles. The summed E-state index contributed by atoms with van der Waals surface area (Å²) in [6.07, 6.45) is 7.96. The Morgan fingerprint density at radius 1 is 1.03 bits per heavy atom. The number of hydrogen-bond acceptors (Lipinski definition) is 4. The second-order valence-electron chi connectivity index (χ2n) is 9.49. The Morgan fingerprint density at radius 2 is 1.83 bits per heavy atom. The molecule has 35 heavy (non-hydrogen) atoms. The summed E-state index contributed by atoms with van der Waals surface area (Å²) in [4.78, 5) is 20.5. The molecule has 0 spiro atoms. The Kier molecular flexibility index (Phi) is 6.67. The van der Waals surface area contributed by atoms with Crippen molar-refractivity contribution < 1.29 is 4.74 Å². The zero-order valence-electron chi connectivity index (χ0n) is 20.0. The van der Waals surface area contributed by atoms with E-state index in [-0.39, 0.29) is 18.0 Å². The molecular formula is C28H31ClN4O2. The van der Waals surface area contributed by atoms with E-state index in [2.05, 4.69) is 22.6 Å². The van der Waals surface area contributed by atoms with Crippen molar-refractivity contribution in [1.82, 2.24) is 19.0 Å². The molecule has 0 atom stereocenters. The van der Waals surface area contributed by atoms with Gasteiger partial charge in [0.05, 0.1) is 0 Å². The Morgan fingerprint density at radius 3 is 2.57 bits per heavy atom. The Balaban J connectivity index is 0.00000253. The molecule has 1 fully saturated rings. The number of nitrogens with zero attached hydrogens (tertiary/aromatic N) is 4. The van der Waals surface area contributed by atoms with Gasteiger partial charge in [-0.05, 0) is 48.6 Å². The number of hydrogen-bond donors (Lipinski definition) is 0. The summed E-state index contributed by atoms with van der Waals surface area (Å²) in [6, 6.07) is 18.2. The Labute approximate surface area is 211 Å². The summed E-state index contributed by atoms with van der Waals surface area (Å²) in [5.41, 5.74) is 4.69. The highest BCUT2D eigenvalue weighted by Crippen LogP contribution is 2.31. The van der Waals surface area contributed by atoms with Gasteiger partial charge in [-0.15, -0.1) is 12.4 Å². The molecule has 0 amide bonds. The van der Waals surface area contributed by atoms with Gasteiger partial charge in [-0.3, -0.25) is 14.3 Å². The van der Waals surface area contributed by atoms with Gasteiger partial charge < -0.3 is 9.30 Å². The van der Waals surface area contributed by atoms with Crippen molar-refractivity contribution in [3.05, 3.63) is 88.0 Å². The molecule has 0 unspecified atom stereocenters. The van der Waals surface area contributed by atoms with Gasteiger partial charge in [-0.1, -0.05) is 36.8 Å². The van der Waals surface area contributed by atoms with E-state index in [1.165, 1.54) is 42.0 Å². The first-order valence-corrected chi connectivity index (χ1v) is 12.3. The average Bonchev–Trinajstić information content (AvgIpc) is 2.95. The van der Waals surface area contributed by atoms with Crippen LogP contribution in [0.5, 0.6) is 5.75 Å². The minimum absolute atomic E-state index is 0. The fraction of sp³-hybridized carbons (Fsp3) is 0.357. The van der Waals surface area contributed by atoms with Crippen molar-refractivity contribution >= 4 is 23.4 Å². The summed E-state index contributed by atoms with van der Waals surface area (Å²) >= 11 is 0. The van der Waals surface area contributed by atoms with Crippen LogP contribution in [0.3, 0.4) is 0 Å². The lowest BCUT2D eigenvalue weighted by atomic mass is 9.91. The summed E-state index contributed by atoms with van der Waals surface area (Å²) < 4.78 is 9.64. The van der Waals surface area contributed by atoms with Gasteiger partial charge in [-0.2, -0.15) is 0 Å². The summed E-state index contributed by atoms with van der Waals surface area (Å²) in [7, 11) is 2.11. The number of fused-ring (bicyclic) bond motifs is 3. The van der Waals surface area contributed by atoms with Crippen molar-refractivity contribution in [1.29, 1.82) is 0 Å². The molecule has 182 valence electrons. The second-order valence-corrected chi connectivity index (χ2v) is 9.49. The maximum atomic E-state index is 12.9. The third-order valence-electron chi connectivity index (χ3n) is 7.52. The highest BCUT2D eigenvalue weighted by molar-refractivity contribution is 5.85. The van der Waals surface area contributed by atoms with Crippen LogP contribution in [0.1, 0.15) is 36.1 Å². The molecule has 6 nitrogen and oxygen atoms in total. The summed E-state index contributed by atoms with van der Waals surface area (Å²) in [5.74, 6) is 1.20. The maximum Gasteiger partial charge on any atom is 0.259 e. The molecule has 0 N–H and O–H groups in total. The van der Waals surface area contributed by atoms with E-state index in [1.807, 2.05) is 42.5 Å².